The minimum atomic E-state index is -0.195. The maximum absolute atomic E-state index is 12.6. The molecule has 0 radical (unpaired) electrons. The Labute approximate surface area is 147 Å². The number of fused-ring (bicyclic) bond motifs is 1. The summed E-state index contributed by atoms with van der Waals surface area (Å²) in [6.07, 6.45) is 5.97. The molecule has 130 valence electrons. The van der Waals surface area contributed by atoms with Crippen molar-refractivity contribution in [2.24, 2.45) is 0 Å². The highest BCUT2D eigenvalue weighted by atomic mass is 16.5. The van der Waals surface area contributed by atoms with Crippen LogP contribution in [0.25, 0.3) is 11.0 Å². The van der Waals surface area contributed by atoms with Crippen molar-refractivity contribution in [3.8, 4) is 17.2 Å². The van der Waals surface area contributed by atoms with Crippen molar-refractivity contribution in [2.45, 2.75) is 32.6 Å². The van der Waals surface area contributed by atoms with Crippen LogP contribution in [0.15, 0.2) is 64.0 Å². The Balaban J connectivity index is 1.74. The topological polar surface area (TPSA) is 48.7 Å². The van der Waals surface area contributed by atoms with Gasteiger partial charge in [-0.15, -0.1) is 0 Å². The lowest BCUT2D eigenvalue weighted by atomic mass is 10.2. The van der Waals surface area contributed by atoms with Gasteiger partial charge < -0.3 is 13.9 Å². The Kier molecular flexibility index (Phi) is 5.73. The minimum Gasteiger partial charge on any atom is -0.493 e. The van der Waals surface area contributed by atoms with Gasteiger partial charge in [-0.25, -0.2) is 0 Å². The fourth-order valence-electron chi connectivity index (χ4n) is 2.59. The maximum Gasteiger partial charge on any atom is 0.235 e. The quantitative estimate of drug-likeness (QED) is 0.506. The van der Waals surface area contributed by atoms with E-state index in [0.29, 0.717) is 29.1 Å². The second-order valence-electron chi connectivity index (χ2n) is 5.91. The molecule has 0 amide bonds. The van der Waals surface area contributed by atoms with Crippen molar-refractivity contribution >= 4 is 11.0 Å². The van der Waals surface area contributed by atoms with Gasteiger partial charge in [-0.05, 0) is 30.7 Å². The first-order valence-corrected chi connectivity index (χ1v) is 8.69. The molecule has 0 aliphatic rings. The number of benzene rings is 2. The Morgan fingerprint density at radius 3 is 2.60 bits per heavy atom. The van der Waals surface area contributed by atoms with E-state index in [1.165, 1.54) is 25.5 Å². The average Bonchev–Trinajstić information content (AvgIpc) is 2.65. The third-order valence-corrected chi connectivity index (χ3v) is 3.95. The van der Waals surface area contributed by atoms with Crippen LogP contribution in [0.2, 0.25) is 0 Å². The van der Waals surface area contributed by atoms with Crippen molar-refractivity contribution in [3.63, 3.8) is 0 Å². The summed E-state index contributed by atoms with van der Waals surface area (Å²) >= 11 is 0. The molecule has 0 saturated heterocycles. The molecule has 4 nitrogen and oxygen atoms in total. The van der Waals surface area contributed by atoms with E-state index in [9.17, 15) is 4.79 Å². The minimum absolute atomic E-state index is 0.173. The van der Waals surface area contributed by atoms with Gasteiger partial charge in [0.2, 0.25) is 11.2 Å². The van der Waals surface area contributed by atoms with E-state index in [2.05, 4.69) is 6.92 Å². The van der Waals surface area contributed by atoms with Crippen LogP contribution in [0.5, 0.6) is 17.2 Å². The molecule has 3 aromatic rings. The lowest BCUT2D eigenvalue weighted by molar-refractivity contribution is 0.305. The normalized spacial score (nSPS) is 10.8. The van der Waals surface area contributed by atoms with Crippen LogP contribution in [-0.4, -0.2) is 6.61 Å². The maximum atomic E-state index is 12.6. The first kappa shape index (κ1) is 17.1. The molecule has 4 heteroatoms. The summed E-state index contributed by atoms with van der Waals surface area (Å²) in [6, 6.07) is 14.4. The second-order valence-corrected chi connectivity index (χ2v) is 5.91. The molecule has 0 atom stereocenters. The number of hydrogen-bond acceptors (Lipinski definition) is 4. The number of ether oxygens (including phenoxy) is 2. The molecule has 0 saturated carbocycles. The first-order chi connectivity index (χ1) is 12.3. The monoisotopic (exact) mass is 338 g/mol. The number of unbranched alkanes of at least 4 members (excludes halogenated alkanes) is 3. The second kappa shape index (κ2) is 8.38. The summed E-state index contributed by atoms with van der Waals surface area (Å²) < 4.78 is 16.9. The lowest BCUT2D eigenvalue weighted by Crippen LogP contribution is -2.05. The summed E-state index contributed by atoms with van der Waals surface area (Å²) in [5.41, 5.74) is 0.302. The zero-order valence-electron chi connectivity index (χ0n) is 14.4. The lowest BCUT2D eigenvalue weighted by Gasteiger charge is -2.08. The van der Waals surface area contributed by atoms with Gasteiger partial charge in [0.05, 0.1) is 12.0 Å². The van der Waals surface area contributed by atoms with Gasteiger partial charge in [-0.2, -0.15) is 0 Å². The first-order valence-electron chi connectivity index (χ1n) is 8.69. The summed E-state index contributed by atoms with van der Waals surface area (Å²) in [7, 11) is 0. The van der Waals surface area contributed by atoms with E-state index >= 15 is 0 Å². The van der Waals surface area contributed by atoms with Crippen LogP contribution in [0.3, 0.4) is 0 Å². The zero-order chi connectivity index (χ0) is 17.5. The van der Waals surface area contributed by atoms with Crippen molar-refractivity contribution in [2.75, 3.05) is 6.61 Å². The van der Waals surface area contributed by atoms with Crippen LogP contribution in [-0.2, 0) is 0 Å². The van der Waals surface area contributed by atoms with Crippen molar-refractivity contribution < 1.29 is 13.9 Å². The molecule has 0 N–H and O–H groups in total. The number of hydrogen-bond donors (Lipinski definition) is 0. The Hall–Kier alpha value is -2.75. The SMILES string of the molecule is CCCCCCOc1ccc2c(=O)c(Oc3ccccc3)coc2c1. The fourth-order valence-corrected chi connectivity index (χ4v) is 2.59. The van der Waals surface area contributed by atoms with Gasteiger partial charge in [0.15, 0.2) is 0 Å². The molecular formula is C21H22O4. The van der Waals surface area contributed by atoms with E-state index in [4.69, 9.17) is 13.9 Å². The van der Waals surface area contributed by atoms with E-state index in [0.717, 1.165) is 6.42 Å². The van der Waals surface area contributed by atoms with Crippen LogP contribution < -0.4 is 14.9 Å². The largest absolute Gasteiger partial charge is 0.493 e. The predicted molar refractivity (Wildman–Crippen MR) is 98.6 cm³/mol. The zero-order valence-corrected chi connectivity index (χ0v) is 14.4. The Morgan fingerprint density at radius 1 is 0.960 bits per heavy atom. The van der Waals surface area contributed by atoms with Crippen LogP contribution in [0, 0.1) is 0 Å². The van der Waals surface area contributed by atoms with Gasteiger partial charge in [0.25, 0.3) is 0 Å². The van der Waals surface area contributed by atoms with Gasteiger partial charge in [-0.3, -0.25) is 4.79 Å². The van der Waals surface area contributed by atoms with E-state index < -0.39 is 0 Å². The molecule has 0 spiro atoms. The summed E-state index contributed by atoms with van der Waals surface area (Å²) in [4.78, 5) is 12.6. The van der Waals surface area contributed by atoms with Gasteiger partial charge in [-0.1, -0.05) is 44.4 Å². The predicted octanol–water partition coefficient (Wildman–Crippen LogP) is 5.54. The van der Waals surface area contributed by atoms with Crippen LogP contribution >= 0.6 is 0 Å². The van der Waals surface area contributed by atoms with Gasteiger partial charge in [0, 0.05) is 6.07 Å². The summed E-state index contributed by atoms with van der Waals surface area (Å²) in [6.45, 7) is 2.85. The highest BCUT2D eigenvalue weighted by molar-refractivity contribution is 5.79. The highest BCUT2D eigenvalue weighted by Crippen LogP contribution is 2.24. The van der Waals surface area contributed by atoms with Crippen molar-refractivity contribution in [1.29, 1.82) is 0 Å². The Morgan fingerprint density at radius 2 is 1.80 bits per heavy atom. The third kappa shape index (κ3) is 4.41. The van der Waals surface area contributed by atoms with E-state index in [1.54, 1.807) is 30.3 Å². The molecule has 25 heavy (non-hydrogen) atoms. The molecule has 1 heterocycles. The summed E-state index contributed by atoms with van der Waals surface area (Å²) in [5.74, 6) is 1.48. The molecule has 2 aromatic carbocycles. The molecule has 0 aliphatic carbocycles. The third-order valence-electron chi connectivity index (χ3n) is 3.95. The molecule has 1 aromatic heterocycles. The number of rotatable bonds is 8. The molecule has 3 rings (SSSR count). The standard InChI is InChI=1S/C21H22O4/c1-2-3-4-8-13-23-17-11-12-18-19(14-17)24-15-20(21(18)22)25-16-9-6-5-7-10-16/h5-7,9-12,14-15H,2-4,8,13H2,1H3. The van der Waals surface area contributed by atoms with Crippen LogP contribution in [0.4, 0.5) is 0 Å². The smallest absolute Gasteiger partial charge is 0.235 e. The average molecular weight is 338 g/mol. The molecular weight excluding hydrogens is 316 g/mol. The van der Waals surface area contributed by atoms with Gasteiger partial charge in [0.1, 0.15) is 23.3 Å². The summed E-state index contributed by atoms with van der Waals surface area (Å²) in [5, 5.41) is 0.478. The van der Waals surface area contributed by atoms with Gasteiger partial charge >= 0.3 is 0 Å². The fraction of sp³-hybridized carbons (Fsp3) is 0.286. The highest BCUT2D eigenvalue weighted by Gasteiger charge is 2.10. The molecule has 0 fully saturated rings. The van der Waals surface area contributed by atoms with E-state index in [1.807, 2.05) is 18.2 Å². The molecule has 0 bridgehead atoms. The molecule has 0 unspecified atom stereocenters. The van der Waals surface area contributed by atoms with Crippen LogP contribution in [0.1, 0.15) is 32.6 Å². The van der Waals surface area contributed by atoms with Crippen molar-refractivity contribution in [1.82, 2.24) is 0 Å². The van der Waals surface area contributed by atoms with E-state index in [-0.39, 0.29) is 11.2 Å². The van der Waals surface area contributed by atoms with Crippen molar-refractivity contribution in [3.05, 3.63) is 65.0 Å². The number of para-hydroxylation sites is 1. The Bertz CT molecular complexity index is 868. The molecule has 0 aliphatic heterocycles.